The van der Waals surface area contributed by atoms with Crippen molar-refractivity contribution in [2.45, 2.75) is 0 Å². The normalized spacial score (nSPS) is 14.7. The number of rotatable bonds is 6. The number of halogens is 1. The number of cyclic esters (lactones) is 1. The summed E-state index contributed by atoms with van der Waals surface area (Å²) in [6, 6.07) is 11.6. The molecule has 138 valence electrons. The van der Waals surface area contributed by atoms with Gasteiger partial charge in [-0.2, -0.15) is 0 Å². The Morgan fingerprint density at radius 1 is 1.26 bits per heavy atom. The molecular weight excluding hydrogens is 374 g/mol. The Balaban J connectivity index is 1.87. The molecule has 0 saturated carbocycles. The molecule has 27 heavy (non-hydrogen) atoms. The van der Waals surface area contributed by atoms with Crippen molar-refractivity contribution in [3.63, 3.8) is 0 Å². The van der Waals surface area contributed by atoms with Crippen molar-refractivity contribution in [1.29, 1.82) is 0 Å². The zero-order valence-electron chi connectivity index (χ0n) is 14.1. The van der Waals surface area contributed by atoms with Crippen LogP contribution in [0.5, 0.6) is 11.5 Å². The highest BCUT2D eigenvalue weighted by atomic mass is 35.5. The number of aliphatic imine (C=N–C) groups is 1. The van der Waals surface area contributed by atoms with Crippen molar-refractivity contribution in [2.24, 2.45) is 4.99 Å². The molecule has 0 amide bonds. The summed E-state index contributed by atoms with van der Waals surface area (Å²) < 4.78 is 15.5. The molecule has 3 rings (SSSR count). The fraction of sp³-hybridized carbons (Fsp3) is 0.105. The minimum Gasteiger partial charge on any atom is -0.493 e. The van der Waals surface area contributed by atoms with E-state index in [2.05, 4.69) is 4.99 Å². The van der Waals surface area contributed by atoms with Gasteiger partial charge in [0, 0.05) is 10.6 Å². The predicted octanol–water partition coefficient (Wildman–Crippen LogP) is 3.16. The van der Waals surface area contributed by atoms with E-state index in [9.17, 15) is 9.59 Å². The Labute approximate surface area is 159 Å². The van der Waals surface area contributed by atoms with Crippen LogP contribution in [0.2, 0.25) is 5.02 Å². The lowest BCUT2D eigenvalue weighted by Crippen LogP contribution is -2.10. The van der Waals surface area contributed by atoms with E-state index in [1.807, 2.05) is 0 Å². The van der Waals surface area contributed by atoms with Gasteiger partial charge in [0.15, 0.2) is 23.8 Å². The lowest BCUT2D eigenvalue weighted by Gasteiger charge is -2.09. The second-order valence-electron chi connectivity index (χ2n) is 5.44. The van der Waals surface area contributed by atoms with E-state index in [4.69, 9.17) is 30.9 Å². The smallest absolute Gasteiger partial charge is 0.363 e. The molecule has 0 aliphatic carbocycles. The number of ether oxygens (including phenoxy) is 3. The van der Waals surface area contributed by atoms with Crippen LogP contribution in [0.25, 0.3) is 6.08 Å². The quantitative estimate of drug-likeness (QED) is 0.604. The minimum atomic E-state index is -1.10. The molecule has 0 atom stereocenters. The maximum Gasteiger partial charge on any atom is 0.363 e. The second-order valence-corrected chi connectivity index (χ2v) is 5.88. The van der Waals surface area contributed by atoms with Gasteiger partial charge in [0.1, 0.15) is 0 Å². The Morgan fingerprint density at radius 2 is 2.07 bits per heavy atom. The zero-order valence-corrected chi connectivity index (χ0v) is 14.9. The summed E-state index contributed by atoms with van der Waals surface area (Å²) in [5.41, 5.74) is 1.32. The third kappa shape index (κ3) is 4.45. The molecule has 0 bridgehead atoms. The van der Waals surface area contributed by atoms with Crippen molar-refractivity contribution in [1.82, 2.24) is 0 Å². The lowest BCUT2D eigenvalue weighted by atomic mass is 10.1. The van der Waals surface area contributed by atoms with Crippen LogP contribution in [0.4, 0.5) is 0 Å². The minimum absolute atomic E-state index is 0.117. The zero-order chi connectivity index (χ0) is 19.4. The molecule has 1 aliphatic rings. The highest BCUT2D eigenvalue weighted by Gasteiger charge is 2.24. The molecule has 1 N–H and O–H groups in total. The van der Waals surface area contributed by atoms with Crippen molar-refractivity contribution >= 4 is 35.5 Å². The predicted molar refractivity (Wildman–Crippen MR) is 98.2 cm³/mol. The maximum absolute atomic E-state index is 12.1. The van der Waals surface area contributed by atoms with Gasteiger partial charge in [-0.05, 0) is 42.0 Å². The second kappa shape index (κ2) is 7.92. The number of methoxy groups -OCH3 is 1. The number of carbonyl (C=O) groups excluding carboxylic acids is 1. The average Bonchev–Trinajstić information content (AvgIpc) is 3.01. The number of carboxylic acids is 1. The fourth-order valence-electron chi connectivity index (χ4n) is 2.34. The number of hydrogen-bond acceptors (Lipinski definition) is 6. The third-order valence-corrected chi connectivity index (χ3v) is 3.77. The molecule has 1 heterocycles. The van der Waals surface area contributed by atoms with Crippen molar-refractivity contribution in [3.8, 4) is 11.5 Å². The summed E-state index contributed by atoms with van der Waals surface area (Å²) in [5, 5.41) is 9.20. The molecule has 0 fully saturated rings. The molecule has 0 radical (unpaired) electrons. The van der Waals surface area contributed by atoms with E-state index in [0.29, 0.717) is 21.9 Å². The fourth-order valence-corrected chi connectivity index (χ4v) is 2.53. The van der Waals surface area contributed by atoms with Gasteiger partial charge in [-0.25, -0.2) is 14.6 Å². The van der Waals surface area contributed by atoms with Crippen LogP contribution >= 0.6 is 11.6 Å². The number of benzene rings is 2. The van der Waals surface area contributed by atoms with E-state index in [1.54, 1.807) is 42.5 Å². The molecule has 8 heteroatoms. The molecule has 2 aromatic rings. The number of carbonyl (C=O) groups is 2. The van der Waals surface area contributed by atoms with Gasteiger partial charge >= 0.3 is 11.9 Å². The van der Waals surface area contributed by atoms with E-state index < -0.39 is 18.5 Å². The molecular formula is C19H14ClNO6. The first-order valence-electron chi connectivity index (χ1n) is 7.77. The average molecular weight is 388 g/mol. The Bertz CT molecular complexity index is 966. The Kier molecular flexibility index (Phi) is 5.42. The van der Waals surface area contributed by atoms with Gasteiger partial charge in [-0.3, -0.25) is 0 Å². The number of hydrogen-bond donors (Lipinski definition) is 1. The SMILES string of the molecule is COc1cc(/C=C2/N=C(c3cccc(Cl)c3)OC2=O)ccc1OCC(=O)O. The summed E-state index contributed by atoms with van der Waals surface area (Å²) in [5.74, 6) is -0.910. The van der Waals surface area contributed by atoms with Crippen LogP contribution in [0.15, 0.2) is 53.2 Å². The summed E-state index contributed by atoms with van der Waals surface area (Å²) in [6.45, 7) is -0.490. The molecule has 7 nitrogen and oxygen atoms in total. The van der Waals surface area contributed by atoms with Crippen LogP contribution in [-0.2, 0) is 14.3 Å². The summed E-state index contributed by atoms with van der Waals surface area (Å²) in [7, 11) is 1.43. The van der Waals surface area contributed by atoms with Crippen LogP contribution in [0.1, 0.15) is 11.1 Å². The van der Waals surface area contributed by atoms with E-state index in [1.165, 1.54) is 13.2 Å². The topological polar surface area (TPSA) is 94.4 Å². The third-order valence-electron chi connectivity index (χ3n) is 3.53. The highest BCUT2D eigenvalue weighted by molar-refractivity contribution is 6.31. The maximum atomic E-state index is 12.1. The summed E-state index contributed by atoms with van der Waals surface area (Å²) in [4.78, 5) is 26.9. The van der Waals surface area contributed by atoms with Crippen molar-refractivity contribution in [2.75, 3.05) is 13.7 Å². The number of esters is 1. The Morgan fingerprint density at radius 3 is 2.78 bits per heavy atom. The molecule has 0 saturated heterocycles. The van der Waals surface area contributed by atoms with Gasteiger partial charge in [-0.1, -0.05) is 23.7 Å². The van der Waals surface area contributed by atoms with E-state index in [0.717, 1.165) is 0 Å². The Hall–Kier alpha value is -3.32. The molecule has 0 aromatic heterocycles. The summed E-state index contributed by atoms with van der Waals surface area (Å²) >= 11 is 5.95. The van der Waals surface area contributed by atoms with Crippen molar-refractivity contribution < 1.29 is 28.9 Å². The van der Waals surface area contributed by atoms with Crippen LogP contribution in [0, 0.1) is 0 Å². The van der Waals surface area contributed by atoms with Gasteiger partial charge in [-0.15, -0.1) is 0 Å². The number of aliphatic carboxylic acids is 1. The van der Waals surface area contributed by atoms with Crippen LogP contribution < -0.4 is 9.47 Å². The number of nitrogens with zero attached hydrogens (tertiary/aromatic N) is 1. The van der Waals surface area contributed by atoms with Crippen molar-refractivity contribution in [3.05, 3.63) is 64.3 Å². The molecule has 0 spiro atoms. The molecule has 2 aromatic carbocycles. The monoisotopic (exact) mass is 387 g/mol. The first kappa shape index (κ1) is 18.5. The number of carboxylic acid groups (broad SMARTS) is 1. The molecule has 1 aliphatic heterocycles. The lowest BCUT2D eigenvalue weighted by molar-refractivity contribution is -0.139. The largest absolute Gasteiger partial charge is 0.493 e. The first-order chi connectivity index (χ1) is 13.0. The van der Waals surface area contributed by atoms with Crippen LogP contribution in [-0.4, -0.2) is 36.7 Å². The van der Waals surface area contributed by atoms with E-state index >= 15 is 0 Å². The first-order valence-corrected chi connectivity index (χ1v) is 8.15. The highest BCUT2D eigenvalue weighted by Crippen LogP contribution is 2.30. The van der Waals surface area contributed by atoms with Crippen LogP contribution in [0.3, 0.4) is 0 Å². The van der Waals surface area contributed by atoms with Gasteiger partial charge in [0.05, 0.1) is 7.11 Å². The summed E-state index contributed by atoms with van der Waals surface area (Å²) in [6.07, 6.45) is 1.53. The standard InChI is InChI=1S/C19H14ClNO6/c1-25-16-8-11(5-6-15(16)26-10-17(22)23)7-14-19(24)27-18(21-14)12-3-2-4-13(20)9-12/h2-9H,10H2,1H3,(H,22,23)/b14-7+. The molecule has 0 unspecified atom stereocenters. The van der Waals surface area contributed by atoms with Gasteiger partial charge < -0.3 is 19.3 Å². The van der Waals surface area contributed by atoms with Gasteiger partial charge in [0.2, 0.25) is 5.90 Å². The van der Waals surface area contributed by atoms with E-state index in [-0.39, 0.29) is 17.3 Å². The van der Waals surface area contributed by atoms with Gasteiger partial charge in [0.25, 0.3) is 0 Å².